The zero-order valence-electron chi connectivity index (χ0n) is 7.27. The number of hydrogen-bond acceptors (Lipinski definition) is 4. The van der Waals surface area contributed by atoms with Gasteiger partial charge in [0.1, 0.15) is 23.5 Å². The van der Waals surface area contributed by atoms with Crippen LogP contribution in [0.5, 0.6) is 17.2 Å². The molecule has 0 saturated heterocycles. The van der Waals surface area contributed by atoms with Crippen molar-refractivity contribution in [2.75, 3.05) is 0 Å². The topological polar surface area (TPSA) is 77.8 Å². The number of carbonyl (C=O) groups is 1. The van der Waals surface area contributed by atoms with Crippen LogP contribution in [-0.4, -0.2) is 21.6 Å². The van der Waals surface area contributed by atoms with Gasteiger partial charge in [0.25, 0.3) is 0 Å². The third-order valence-corrected chi connectivity index (χ3v) is 1.05. The molecule has 0 aromatic heterocycles. The molecule has 0 amide bonds. The van der Waals surface area contributed by atoms with Gasteiger partial charge in [-0.1, -0.05) is 6.92 Å². The van der Waals surface area contributed by atoms with Gasteiger partial charge in [0.2, 0.25) is 0 Å². The number of rotatable bonds is 1. The van der Waals surface area contributed by atoms with Crippen LogP contribution in [0.4, 0.5) is 0 Å². The van der Waals surface area contributed by atoms with Crippen LogP contribution in [0.2, 0.25) is 0 Å². The number of phenolic OH excluding ortho intramolecular Hbond substituents is 3. The number of aromatic hydroxyl groups is 3. The molecule has 0 saturated carbocycles. The second-order valence-corrected chi connectivity index (χ2v) is 2.28. The summed E-state index contributed by atoms with van der Waals surface area (Å²) < 4.78 is 0. The van der Waals surface area contributed by atoms with Gasteiger partial charge in [0.15, 0.2) is 0 Å². The van der Waals surface area contributed by atoms with Crippen molar-refractivity contribution < 1.29 is 20.1 Å². The molecule has 0 aliphatic carbocycles. The fourth-order valence-corrected chi connectivity index (χ4v) is 0.580. The SMILES string of the molecule is CCC=O.Oc1cc(O)cc(O)c1. The van der Waals surface area contributed by atoms with E-state index in [0.29, 0.717) is 6.42 Å². The normalized spacial score (nSPS) is 8.38. The molecule has 0 radical (unpaired) electrons. The van der Waals surface area contributed by atoms with Gasteiger partial charge in [-0.05, 0) is 0 Å². The Balaban J connectivity index is 0.000000310. The fourth-order valence-electron chi connectivity index (χ4n) is 0.580. The fraction of sp³-hybridized carbons (Fsp3) is 0.222. The van der Waals surface area contributed by atoms with Crippen molar-refractivity contribution in [2.45, 2.75) is 13.3 Å². The Labute approximate surface area is 76.1 Å². The first-order valence-corrected chi connectivity index (χ1v) is 3.75. The molecule has 0 fully saturated rings. The van der Waals surface area contributed by atoms with E-state index in [4.69, 9.17) is 15.3 Å². The van der Waals surface area contributed by atoms with E-state index in [-0.39, 0.29) is 17.2 Å². The highest BCUT2D eigenvalue weighted by Crippen LogP contribution is 2.23. The van der Waals surface area contributed by atoms with Gasteiger partial charge in [-0.15, -0.1) is 0 Å². The number of hydrogen-bond donors (Lipinski definition) is 3. The van der Waals surface area contributed by atoms with Crippen molar-refractivity contribution in [3.05, 3.63) is 18.2 Å². The molecule has 0 bridgehead atoms. The molecule has 0 heterocycles. The van der Waals surface area contributed by atoms with Gasteiger partial charge in [-0.2, -0.15) is 0 Å². The zero-order chi connectivity index (χ0) is 10.3. The number of benzene rings is 1. The van der Waals surface area contributed by atoms with Crippen LogP contribution in [0.25, 0.3) is 0 Å². The van der Waals surface area contributed by atoms with Crippen LogP contribution < -0.4 is 0 Å². The first kappa shape index (κ1) is 11.3. The van der Waals surface area contributed by atoms with Crippen LogP contribution in [0.1, 0.15) is 13.3 Å². The van der Waals surface area contributed by atoms with Crippen molar-refractivity contribution in [3.63, 3.8) is 0 Å². The number of aldehydes is 1. The van der Waals surface area contributed by atoms with Crippen LogP contribution in [0.15, 0.2) is 18.2 Å². The van der Waals surface area contributed by atoms with E-state index in [1.165, 1.54) is 0 Å². The molecule has 0 aliphatic heterocycles. The molecule has 13 heavy (non-hydrogen) atoms. The zero-order valence-corrected chi connectivity index (χ0v) is 7.27. The largest absolute Gasteiger partial charge is 0.508 e. The lowest BCUT2D eigenvalue weighted by Gasteiger charge is -1.94. The van der Waals surface area contributed by atoms with E-state index in [9.17, 15) is 4.79 Å². The minimum absolute atomic E-state index is 0.146. The Bertz CT molecular complexity index is 220. The van der Waals surface area contributed by atoms with Gasteiger partial charge in [-0.3, -0.25) is 0 Å². The molecular weight excluding hydrogens is 172 g/mol. The van der Waals surface area contributed by atoms with E-state index >= 15 is 0 Å². The van der Waals surface area contributed by atoms with Gasteiger partial charge < -0.3 is 20.1 Å². The third kappa shape index (κ3) is 5.55. The second kappa shape index (κ2) is 5.88. The first-order chi connectivity index (χ1) is 6.10. The maximum atomic E-state index is 9.17. The summed E-state index contributed by atoms with van der Waals surface area (Å²) in [7, 11) is 0. The summed E-state index contributed by atoms with van der Waals surface area (Å²) in [5.74, 6) is -0.437. The summed E-state index contributed by atoms with van der Waals surface area (Å²) in [5, 5.41) is 26.0. The van der Waals surface area contributed by atoms with E-state index in [2.05, 4.69) is 0 Å². The van der Waals surface area contributed by atoms with Crippen molar-refractivity contribution >= 4 is 6.29 Å². The molecule has 0 unspecified atom stereocenters. The summed E-state index contributed by atoms with van der Waals surface area (Å²) in [6.07, 6.45) is 1.51. The molecule has 1 rings (SSSR count). The lowest BCUT2D eigenvalue weighted by Crippen LogP contribution is -1.66. The molecule has 3 N–H and O–H groups in total. The summed E-state index contributed by atoms with van der Waals surface area (Å²) in [5.41, 5.74) is 0. The second-order valence-electron chi connectivity index (χ2n) is 2.28. The summed E-state index contributed by atoms with van der Waals surface area (Å²) in [6.45, 7) is 1.81. The molecule has 0 spiro atoms. The minimum atomic E-state index is -0.146. The molecule has 1 aromatic rings. The van der Waals surface area contributed by atoms with Crippen molar-refractivity contribution in [3.8, 4) is 17.2 Å². The van der Waals surface area contributed by atoms with Crippen molar-refractivity contribution in [1.82, 2.24) is 0 Å². The van der Waals surface area contributed by atoms with Crippen LogP contribution in [0.3, 0.4) is 0 Å². The van der Waals surface area contributed by atoms with E-state index in [1.807, 2.05) is 6.92 Å². The van der Waals surface area contributed by atoms with Crippen LogP contribution in [-0.2, 0) is 4.79 Å². The average molecular weight is 184 g/mol. The summed E-state index contributed by atoms with van der Waals surface area (Å²) in [6, 6.07) is 3.42. The van der Waals surface area contributed by atoms with Gasteiger partial charge in [0.05, 0.1) is 0 Å². The Morgan fingerprint density at radius 2 is 1.31 bits per heavy atom. The highest BCUT2D eigenvalue weighted by Gasteiger charge is 1.94. The highest BCUT2D eigenvalue weighted by molar-refractivity contribution is 5.48. The molecule has 1 aromatic carbocycles. The van der Waals surface area contributed by atoms with Crippen molar-refractivity contribution in [1.29, 1.82) is 0 Å². The van der Waals surface area contributed by atoms with E-state index in [0.717, 1.165) is 24.5 Å². The monoisotopic (exact) mass is 184 g/mol. The summed E-state index contributed by atoms with van der Waals surface area (Å²) >= 11 is 0. The molecule has 72 valence electrons. The quantitative estimate of drug-likeness (QED) is 0.576. The third-order valence-electron chi connectivity index (χ3n) is 1.05. The van der Waals surface area contributed by atoms with E-state index in [1.54, 1.807) is 0 Å². The molecule has 4 heteroatoms. The maximum Gasteiger partial charge on any atom is 0.122 e. The smallest absolute Gasteiger partial charge is 0.122 e. The number of phenols is 3. The maximum absolute atomic E-state index is 9.17. The molecule has 0 aliphatic rings. The predicted molar refractivity (Wildman–Crippen MR) is 47.8 cm³/mol. The van der Waals surface area contributed by atoms with Gasteiger partial charge in [0, 0.05) is 24.6 Å². The van der Waals surface area contributed by atoms with Crippen molar-refractivity contribution in [2.24, 2.45) is 0 Å². The molecule has 4 nitrogen and oxygen atoms in total. The van der Waals surface area contributed by atoms with Gasteiger partial charge >= 0.3 is 0 Å². The molecular formula is C9H12O4. The Morgan fingerprint density at radius 3 is 1.46 bits per heavy atom. The lowest BCUT2D eigenvalue weighted by molar-refractivity contribution is -0.107. The minimum Gasteiger partial charge on any atom is -0.508 e. The van der Waals surface area contributed by atoms with Crippen LogP contribution in [0, 0.1) is 0 Å². The van der Waals surface area contributed by atoms with E-state index < -0.39 is 0 Å². The number of carbonyl (C=O) groups excluding carboxylic acids is 1. The van der Waals surface area contributed by atoms with Gasteiger partial charge in [-0.25, -0.2) is 0 Å². The highest BCUT2D eigenvalue weighted by atomic mass is 16.3. The average Bonchev–Trinajstić information content (AvgIpc) is 2.02. The Hall–Kier alpha value is -1.71. The van der Waals surface area contributed by atoms with Crippen LogP contribution >= 0.6 is 0 Å². The standard InChI is InChI=1S/C6H6O3.C3H6O/c7-4-1-5(8)3-6(9)2-4;1-2-3-4/h1-3,7-9H;3H,2H2,1H3. The Kier molecular flexibility index (Phi) is 5.11. The molecule has 0 atom stereocenters. The predicted octanol–water partition coefficient (Wildman–Crippen LogP) is 1.40. The summed E-state index contributed by atoms with van der Waals surface area (Å²) in [4.78, 5) is 9.17. The Morgan fingerprint density at radius 1 is 1.08 bits per heavy atom. The lowest BCUT2D eigenvalue weighted by atomic mass is 10.3. The first-order valence-electron chi connectivity index (χ1n) is 3.75.